The number of benzene rings is 5. The van der Waals surface area contributed by atoms with E-state index in [-0.39, 0.29) is 10.6 Å². The number of hydrogen-bond donors (Lipinski definition) is 0. The molecule has 148 valence electrons. The molecule has 4 nitrogen and oxygen atoms in total. The monoisotopic (exact) mass is 403 g/mol. The fourth-order valence-electron chi connectivity index (χ4n) is 4.71. The number of hydrogen-bond acceptors (Lipinski definition) is 3. The smallest absolute Gasteiger partial charge is 0.277 e. The summed E-state index contributed by atoms with van der Waals surface area (Å²) in [6.07, 6.45) is 0. The van der Waals surface area contributed by atoms with E-state index in [2.05, 4.69) is 36.4 Å². The predicted octanol–water partition coefficient (Wildman–Crippen LogP) is 7.13. The predicted molar refractivity (Wildman–Crippen MR) is 123 cm³/mol. The highest BCUT2D eigenvalue weighted by molar-refractivity contribution is 6.07. The van der Waals surface area contributed by atoms with Gasteiger partial charge < -0.3 is 4.74 Å². The van der Waals surface area contributed by atoms with E-state index in [1.807, 2.05) is 42.5 Å². The first-order valence-corrected chi connectivity index (χ1v) is 10.2. The van der Waals surface area contributed by atoms with Crippen molar-refractivity contribution in [2.45, 2.75) is 6.61 Å². The van der Waals surface area contributed by atoms with Gasteiger partial charge in [0.15, 0.2) is 0 Å². The van der Waals surface area contributed by atoms with Crippen molar-refractivity contribution in [2.24, 2.45) is 0 Å². The molecule has 0 N–H and O–H groups in total. The van der Waals surface area contributed by atoms with Gasteiger partial charge in [0.1, 0.15) is 12.4 Å². The summed E-state index contributed by atoms with van der Waals surface area (Å²) in [6, 6.07) is 29.5. The second-order valence-corrected chi connectivity index (χ2v) is 7.72. The van der Waals surface area contributed by atoms with Crippen molar-refractivity contribution >= 4 is 27.2 Å². The summed E-state index contributed by atoms with van der Waals surface area (Å²) in [5.41, 5.74) is 4.97. The van der Waals surface area contributed by atoms with Crippen LogP contribution in [-0.4, -0.2) is 4.92 Å². The number of fused-ring (bicyclic) bond motifs is 7. The molecule has 1 aliphatic heterocycles. The highest BCUT2D eigenvalue weighted by Crippen LogP contribution is 2.46. The van der Waals surface area contributed by atoms with E-state index >= 15 is 0 Å². The van der Waals surface area contributed by atoms with Gasteiger partial charge in [0.2, 0.25) is 0 Å². The summed E-state index contributed by atoms with van der Waals surface area (Å²) in [5, 5.41) is 16.0. The van der Waals surface area contributed by atoms with Gasteiger partial charge in [-0.15, -0.1) is 0 Å². The van der Waals surface area contributed by atoms with Crippen molar-refractivity contribution in [1.29, 1.82) is 0 Å². The molecule has 5 aromatic rings. The Morgan fingerprint density at radius 1 is 0.677 bits per heavy atom. The number of nitro groups is 1. The van der Waals surface area contributed by atoms with Crippen LogP contribution in [0.5, 0.6) is 5.75 Å². The third-order valence-corrected chi connectivity index (χ3v) is 6.10. The molecule has 0 fully saturated rings. The molecule has 0 amide bonds. The molecule has 1 aliphatic rings. The van der Waals surface area contributed by atoms with E-state index in [0.29, 0.717) is 12.2 Å². The third-order valence-electron chi connectivity index (χ3n) is 6.10. The van der Waals surface area contributed by atoms with Gasteiger partial charge in [0.05, 0.1) is 10.5 Å². The van der Waals surface area contributed by atoms with E-state index < -0.39 is 0 Å². The molecule has 31 heavy (non-hydrogen) atoms. The van der Waals surface area contributed by atoms with Gasteiger partial charge in [-0.05, 0) is 44.8 Å². The molecule has 5 aromatic carbocycles. The van der Waals surface area contributed by atoms with E-state index in [1.165, 1.54) is 5.39 Å². The molecule has 0 saturated heterocycles. The Morgan fingerprint density at radius 2 is 1.45 bits per heavy atom. The SMILES string of the molecule is O=[N+]([O-])c1ccccc1-c1cccc2c3c(ccc12)-c1c(ccc2ccccc12)OC3. The van der Waals surface area contributed by atoms with Gasteiger partial charge in [-0.2, -0.15) is 0 Å². The molecule has 0 aromatic heterocycles. The zero-order valence-corrected chi connectivity index (χ0v) is 16.5. The van der Waals surface area contributed by atoms with Crippen LogP contribution in [0.25, 0.3) is 43.8 Å². The number of ether oxygens (including phenoxy) is 1. The zero-order chi connectivity index (χ0) is 20.9. The lowest BCUT2D eigenvalue weighted by Gasteiger charge is -2.24. The van der Waals surface area contributed by atoms with Gasteiger partial charge >= 0.3 is 0 Å². The molecule has 0 atom stereocenters. The Labute approximate surface area is 178 Å². The average molecular weight is 403 g/mol. The van der Waals surface area contributed by atoms with Crippen LogP contribution in [0.3, 0.4) is 0 Å². The summed E-state index contributed by atoms with van der Waals surface area (Å²) in [5.74, 6) is 0.889. The molecule has 6 rings (SSSR count). The Kier molecular flexibility index (Phi) is 3.80. The highest BCUT2D eigenvalue weighted by atomic mass is 16.6. The van der Waals surface area contributed by atoms with Crippen LogP contribution < -0.4 is 4.74 Å². The van der Waals surface area contributed by atoms with Crippen LogP contribution >= 0.6 is 0 Å². The number of rotatable bonds is 2. The van der Waals surface area contributed by atoms with Gasteiger partial charge in [-0.3, -0.25) is 10.1 Å². The summed E-state index contributed by atoms with van der Waals surface area (Å²) in [6.45, 7) is 0.471. The second-order valence-electron chi connectivity index (χ2n) is 7.72. The summed E-state index contributed by atoms with van der Waals surface area (Å²) in [4.78, 5) is 11.3. The average Bonchev–Trinajstić information content (AvgIpc) is 2.82. The molecule has 4 heteroatoms. The Morgan fingerprint density at radius 3 is 2.35 bits per heavy atom. The molecule has 0 saturated carbocycles. The van der Waals surface area contributed by atoms with Crippen LogP contribution in [0.4, 0.5) is 5.69 Å². The Hall–Kier alpha value is -4.18. The molecule has 0 radical (unpaired) electrons. The molecule has 0 aliphatic carbocycles. The minimum atomic E-state index is -0.321. The first kappa shape index (κ1) is 17.7. The standard InChI is InChI=1S/C27H17NO3/c29-28(30)25-11-4-3-8-22(25)19-9-5-10-20-21(19)13-14-23-24(20)16-31-26-15-12-17-6-1-2-7-18(17)27(23)26/h1-15H,16H2. The fourth-order valence-corrected chi connectivity index (χ4v) is 4.71. The van der Waals surface area contributed by atoms with Crippen molar-refractivity contribution in [3.8, 4) is 28.0 Å². The lowest BCUT2D eigenvalue weighted by Crippen LogP contribution is -2.07. The van der Waals surface area contributed by atoms with E-state index in [9.17, 15) is 10.1 Å². The van der Waals surface area contributed by atoms with Gasteiger partial charge in [0.25, 0.3) is 5.69 Å². The maximum atomic E-state index is 11.6. The molecule has 0 bridgehead atoms. The molecule has 0 spiro atoms. The Balaban J connectivity index is 1.65. The van der Waals surface area contributed by atoms with Crippen LogP contribution in [0.15, 0.2) is 91.0 Å². The quantitative estimate of drug-likeness (QED) is 0.233. The first-order valence-electron chi connectivity index (χ1n) is 10.2. The van der Waals surface area contributed by atoms with Gasteiger partial charge in [0, 0.05) is 17.2 Å². The molecule has 1 heterocycles. The van der Waals surface area contributed by atoms with E-state index in [1.54, 1.807) is 12.1 Å². The number of para-hydroxylation sites is 1. The maximum absolute atomic E-state index is 11.6. The first-order chi connectivity index (χ1) is 15.2. The lowest BCUT2D eigenvalue weighted by molar-refractivity contribution is -0.384. The summed E-state index contributed by atoms with van der Waals surface area (Å²) in [7, 11) is 0. The molecule has 0 unspecified atom stereocenters. The van der Waals surface area contributed by atoms with Crippen LogP contribution in [0.1, 0.15) is 5.56 Å². The van der Waals surface area contributed by atoms with Crippen LogP contribution in [-0.2, 0) is 6.61 Å². The number of nitro benzene ring substituents is 1. The van der Waals surface area contributed by atoms with Crippen molar-refractivity contribution < 1.29 is 9.66 Å². The molecular weight excluding hydrogens is 386 g/mol. The summed E-state index contributed by atoms with van der Waals surface area (Å²) >= 11 is 0. The van der Waals surface area contributed by atoms with Crippen molar-refractivity contribution in [3.63, 3.8) is 0 Å². The van der Waals surface area contributed by atoms with Crippen molar-refractivity contribution in [3.05, 3.63) is 107 Å². The summed E-state index contributed by atoms with van der Waals surface area (Å²) < 4.78 is 6.17. The maximum Gasteiger partial charge on any atom is 0.277 e. The van der Waals surface area contributed by atoms with E-state index in [4.69, 9.17) is 4.74 Å². The normalized spacial score (nSPS) is 12.3. The minimum absolute atomic E-state index is 0.111. The second kappa shape index (κ2) is 6.67. The fraction of sp³-hybridized carbons (Fsp3) is 0.0370. The van der Waals surface area contributed by atoms with Crippen LogP contribution in [0.2, 0.25) is 0 Å². The minimum Gasteiger partial charge on any atom is -0.488 e. The zero-order valence-electron chi connectivity index (χ0n) is 16.5. The van der Waals surface area contributed by atoms with E-state index in [0.717, 1.165) is 44.2 Å². The topological polar surface area (TPSA) is 52.4 Å². The van der Waals surface area contributed by atoms with Crippen molar-refractivity contribution in [1.82, 2.24) is 0 Å². The van der Waals surface area contributed by atoms with Crippen molar-refractivity contribution in [2.75, 3.05) is 0 Å². The lowest BCUT2D eigenvalue weighted by atomic mass is 9.87. The number of nitrogens with zero attached hydrogens (tertiary/aromatic N) is 1. The third kappa shape index (κ3) is 2.62. The Bertz CT molecular complexity index is 1520. The van der Waals surface area contributed by atoms with Gasteiger partial charge in [-0.1, -0.05) is 72.8 Å². The largest absolute Gasteiger partial charge is 0.488 e. The molecular formula is C27H17NO3. The highest BCUT2D eigenvalue weighted by Gasteiger charge is 2.23. The van der Waals surface area contributed by atoms with Gasteiger partial charge in [-0.25, -0.2) is 0 Å². The van der Waals surface area contributed by atoms with Crippen LogP contribution in [0, 0.1) is 10.1 Å².